The van der Waals surface area contributed by atoms with Crippen molar-refractivity contribution in [2.75, 3.05) is 12.1 Å². The Labute approximate surface area is 87.0 Å². The van der Waals surface area contributed by atoms with E-state index in [1.807, 2.05) is 0 Å². The minimum absolute atomic E-state index is 0.0789. The standard InChI is InChI=1S/C10H9FN4/c1-13-7-15(14-2)10-5-3-4-9(11)8(10)6-12/h3-5,7H,2H2,1H3/b13-7-. The van der Waals surface area contributed by atoms with Crippen molar-refractivity contribution in [2.24, 2.45) is 10.1 Å². The largest absolute Gasteiger partial charge is 0.277 e. The molecule has 0 aliphatic heterocycles. The summed E-state index contributed by atoms with van der Waals surface area (Å²) in [6, 6.07) is 6.05. The van der Waals surface area contributed by atoms with Gasteiger partial charge in [0.05, 0.1) is 5.69 Å². The Morgan fingerprint density at radius 3 is 2.87 bits per heavy atom. The highest BCUT2D eigenvalue weighted by molar-refractivity contribution is 5.81. The van der Waals surface area contributed by atoms with Crippen molar-refractivity contribution < 1.29 is 4.39 Å². The van der Waals surface area contributed by atoms with Gasteiger partial charge in [0, 0.05) is 13.8 Å². The molecule has 0 aliphatic rings. The lowest BCUT2D eigenvalue weighted by Crippen LogP contribution is -2.14. The van der Waals surface area contributed by atoms with Crippen LogP contribution < -0.4 is 5.01 Å². The first-order valence-electron chi connectivity index (χ1n) is 4.11. The van der Waals surface area contributed by atoms with Gasteiger partial charge in [0.15, 0.2) is 0 Å². The Hall–Kier alpha value is -2.22. The summed E-state index contributed by atoms with van der Waals surface area (Å²) >= 11 is 0. The van der Waals surface area contributed by atoms with Crippen LogP contribution in [-0.4, -0.2) is 20.1 Å². The van der Waals surface area contributed by atoms with Crippen molar-refractivity contribution in [3.05, 3.63) is 29.6 Å². The van der Waals surface area contributed by atoms with Crippen LogP contribution >= 0.6 is 0 Å². The van der Waals surface area contributed by atoms with Gasteiger partial charge in [-0.05, 0) is 12.1 Å². The lowest BCUT2D eigenvalue weighted by Gasteiger charge is -2.13. The molecule has 0 unspecified atom stereocenters. The third kappa shape index (κ3) is 2.17. The van der Waals surface area contributed by atoms with Crippen molar-refractivity contribution >= 4 is 18.7 Å². The van der Waals surface area contributed by atoms with Crippen LogP contribution in [0.3, 0.4) is 0 Å². The monoisotopic (exact) mass is 204 g/mol. The summed E-state index contributed by atoms with van der Waals surface area (Å²) in [6.07, 6.45) is 1.35. The van der Waals surface area contributed by atoms with Gasteiger partial charge in [0.2, 0.25) is 0 Å². The van der Waals surface area contributed by atoms with Crippen LogP contribution in [0.15, 0.2) is 28.3 Å². The molecule has 0 aromatic heterocycles. The Balaban J connectivity index is 3.30. The van der Waals surface area contributed by atoms with Crippen LogP contribution in [0.25, 0.3) is 0 Å². The minimum Gasteiger partial charge on any atom is -0.277 e. The fraction of sp³-hybridized carbons (Fsp3) is 0.100. The molecule has 5 heteroatoms. The lowest BCUT2D eigenvalue weighted by atomic mass is 10.2. The van der Waals surface area contributed by atoms with E-state index < -0.39 is 5.82 Å². The summed E-state index contributed by atoms with van der Waals surface area (Å²) in [7, 11) is 1.55. The predicted molar refractivity (Wildman–Crippen MR) is 57.6 cm³/mol. The van der Waals surface area contributed by atoms with Gasteiger partial charge in [-0.3, -0.25) is 4.99 Å². The summed E-state index contributed by atoms with van der Waals surface area (Å²) in [6.45, 7) is 3.31. The molecule has 0 atom stereocenters. The molecule has 1 aromatic carbocycles. The van der Waals surface area contributed by atoms with Gasteiger partial charge < -0.3 is 0 Å². The molecule has 0 fully saturated rings. The molecule has 0 saturated heterocycles. The first kappa shape index (κ1) is 10.9. The fourth-order valence-corrected chi connectivity index (χ4v) is 1.10. The van der Waals surface area contributed by atoms with E-state index in [4.69, 9.17) is 5.26 Å². The Morgan fingerprint density at radius 1 is 1.60 bits per heavy atom. The number of nitrogens with zero attached hydrogens (tertiary/aromatic N) is 4. The Bertz CT molecular complexity index is 434. The van der Waals surface area contributed by atoms with E-state index in [1.165, 1.54) is 23.5 Å². The second-order valence-electron chi connectivity index (χ2n) is 2.61. The molecule has 4 nitrogen and oxygen atoms in total. The van der Waals surface area contributed by atoms with Crippen molar-refractivity contribution in [3.63, 3.8) is 0 Å². The third-order valence-electron chi connectivity index (χ3n) is 1.73. The van der Waals surface area contributed by atoms with Gasteiger partial charge in [-0.15, -0.1) is 0 Å². The summed E-state index contributed by atoms with van der Waals surface area (Å²) in [5, 5.41) is 13.6. The number of hydrazone groups is 1. The highest BCUT2D eigenvalue weighted by Gasteiger charge is 2.11. The van der Waals surface area contributed by atoms with E-state index >= 15 is 0 Å². The van der Waals surface area contributed by atoms with Crippen molar-refractivity contribution in [1.29, 1.82) is 5.26 Å². The van der Waals surface area contributed by atoms with Crippen molar-refractivity contribution in [1.82, 2.24) is 0 Å². The Morgan fingerprint density at radius 2 is 2.33 bits per heavy atom. The van der Waals surface area contributed by atoms with Crippen LogP contribution in [-0.2, 0) is 0 Å². The fourth-order valence-electron chi connectivity index (χ4n) is 1.10. The van der Waals surface area contributed by atoms with Crippen molar-refractivity contribution in [3.8, 4) is 6.07 Å². The molecular formula is C10H9FN4. The lowest BCUT2D eigenvalue weighted by molar-refractivity contribution is 0.624. The SMILES string of the molecule is C=NN(/C=N\C)c1cccc(F)c1C#N. The Kier molecular flexibility index (Phi) is 3.52. The maximum atomic E-state index is 13.2. The molecule has 0 radical (unpaired) electrons. The van der Waals surface area contributed by atoms with E-state index in [2.05, 4.69) is 16.8 Å². The van der Waals surface area contributed by atoms with Gasteiger partial charge in [0.1, 0.15) is 23.8 Å². The molecule has 0 bridgehead atoms. The molecule has 1 rings (SSSR count). The zero-order chi connectivity index (χ0) is 11.3. The molecule has 0 aliphatic carbocycles. The molecule has 0 N–H and O–H groups in total. The van der Waals surface area contributed by atoms with Crippen LogP contribution in [0.1, 0.15) is 5.56 Å². The average Bonchev–Trinajstić information content (AvgIpc) is 2.25. The van der Waals surface area contributed by atoms with E-state index in [0.29, 0.717) is 5.69 Å². The summed E-state index contributed by atoms with van der Waals surface area (Å²) in [5.74, 6) is -0.590. The van der Waals surface area contributed by atoms with Gasteiger partial charge in [0.25, 0.3) is 0 Å². The van der Waals surface area contributed by atoms with Crippen LogP contribution in [0.4, 0.5) is 10.1 Å². The van der Waals surface area contributed by atoms with Crippen LogP contribution in [0.5, 0.6) is 0 Å². The van der Waals surface area contributed by atoms with E-state index in [9.17, 15) is 4.39 Å². The number of halogens is 1. The first-order valence-corrected chi connectivity index (χ1v) is 4.11. The highest BCUT2D eigenvalue weighted by Crippen LogP contribution is 2.21. The molecule has 15 heavy (non-hydrogen) atoms. The van der Waals surface area contributed by atoms with Gasteiger partial charge in [-0.1, -0.05) is 6.07 Å². The van der Waals surface area contributed by atoms with Gasteiger partial charge in [-0.2, -0.15) is 10.4 Å². The molecule has 0 heterocycles. The molecule has 0 amide bonds. The van der Waals surface area contributed by atoms with E-state index in [-0.39, 0.29) is 5.56 Å². The zero-order valence-corrected chi connectivity index (χ0v) is 8.18. The van der Waals surface area contributed by atoms with Crippen LogP contribution in [0, 0.1) is 17.1 Å². The first-order chi connectivity index (χ1) is 7.24. The maximum Gasteiger partial charge on any atom is 0.143 e. The second kappa shape index (κ2) is 4.86. The number of hydrogen-bond acceptors (Lipinski definition) is 3. The molecule has 76 valence electrons. The minimum atomic E-state index is -0.590. The molecule has 1 aromatic rings. The maximum absolute atomic E-state index is 13.2. The summed E-state index contributed by atoms with van der Waals surface area (Å²) < 4.78 is 13.2. The normalized spacial score (nSPS) is 9.93. The van der Waals surface area contributed by atoms with Gasteiger partial charge >= 0.3 is 0 Å². The molecule has 0 spiro atoms. The van der Waals surface area contributed by atoms with E-state index in [0.717, 1.165) is 0 Å². The number of anilines is 1. The second-order valence-corrected chi connectivity index (χ2v) is 2.61. The van der Waals surface area contributed by atoms with Gasteiger partial charge in [-0.25, -0.2) is 9.40 Å². The molecular weight excluding hydrogens is 195 g/mol. The van der Waals surface area contributed by atoms with E-state index in [1.54, 1.807) is 19.2 Å². The number of benzene rings is 1. The zero-order valence-electron chi connectivity index (χ0n) is 8.18. The van der Waals surface area contributed by atoms with Crippen molar-refractivity contribution in [2.45, 2.75) is 0 Å². The number of nitriles is 1. The summed E-state index contributed by atoms with van der Waals surface area (Å²) in [4.78, 5) is 3.72. The third-order valence-corrected chi connectivity index (χ3v) is 1.73. The molecule has 0 saturated carbocycles. The number of rotatable bonds is 3. The predicted octanol–water partition coefficient (Wildman–Crippen LogP) is 1.78. The quantitative estimate of drug-likeness (QED) is 0.428. The number of hydrogen-bond donors (Lipinski definition) is 0. The van der Waals surface area contributed by atoms with Crippen LogP contribution in [0.2, 0.25) is 0 Å². The number of aliphatic imine (C=N–C) groups is 1. The smallest absolute Gasteiger partial charge is 0.143 e. The summed E-state index contributed by atoms with van der Waals surface area (Å²) in [5.41, 5.74) is 0.239. The highest BCUT2D eigenvalue weighted by atomic mass is 19.1. The topological polar surface area (TPSA) is 51.8 Å². The average molecular weight is 204 g/mol.